The highest BCUT2D eigenvalue weighted by atomic mass is 16.5. The number of methoxy groups -OCH3 is 2. The largest absolute Gasteiger partial charge is 0.493 e. The molecule has 1 N–H and O–H groups in total. The Balaban J connectivity index is 2.11. The molecule has 2 aromatic carbocycles. The van der Waals surface area contributed by atoms with Gasteiger partial charge in [-0.1, -0.05) is 18.2 Å². The van der Waals surface area contributed by atoms with Crippen LogP contribution in [0.25, 0.3) is 0 Å². The number of hydrogen-bond donors (Lipinski definition) is 1. The summed E-state index contributed by atoms with van der Waals surface area (Å²) in [6.07, 6.45) is 0.522. The zero-order valence-corrected chi connectivity index (χ0v) is 14.1. The van der Waals surface area contributed by atoms with E-state index in [-0.39, 0.29) is 11.7 Å². The Labute approximate surface area is 141 Å². The molecule has 0 bridgehead atoms. The van der Waals surface area contributed by atoms with E-state index in [2.05, 4.69) is 5.32 Å². The number of Topliss-reactive ketones (excluding diaryl/α,β-unsaturated/α-hetero) is 1. The fourth-order valence-electron chi connectivity index (χ4n) is 2.46. The highest BCUT2D eigenvalue weighted by Crippen LogP contribution is 2.31. The monoisotopic (exact) mass is 327 g/mol. The van der Waals surface area contributed by atoms with E-state index in [4.69, 9.17) is 9.47 Å². The molecule has 0 aliphatic carbocycles. The molecule has 0 spiro atoms. The molecule has 0 aromatic heterocycles. The lowest BCUT2D eigenvalue weighted by Gasteiger charge is -2.14. The first-order valence-electron chi connectivity index (χ1n) is 7.66. The molecule has 0 heterocycles. The van der Waals surface area contributed by atoms with Crippen molar-refractivity contribution in [1.82, 2.24) is 5.32 Å². The standard InChI is InChI=1S/C19H21NO4/c1-13(21)16-12-18(24-3)17(23-2)11-15(16)9-10-20-19(22)14-7-5-4-6-8-14/h4-8,11-12H,9-10H2,1-3H3,(H,20,22). The molecule has 0 unspecified atom stereocenters. The lowest BCUT2D eigenvalue weighted by Crippen LogP contribution is -2.26. The van der Waals surface area contributed by atoms with Gasteiger partial charge in [0.15, 0.2) is 17.3 Å². The van der Waals surface area contributed by atoms with Crippen LogP contribution in [0.15, 0.2) is 42.5 Å². The highest BCUT2D eigenvalue weighted by molar-refractivity contribution is 5.96. The summed E-state index contributed by atoms with van der Waals surface area (Å²) in [7, 11) is 3.08. The number of carbonyl (C=O) groups excluding carboxylic acids is 2. The quantitative estimate of drug-likeness (QED) is 0.794. The van der Waals surface area contributed by atoms with Crippen molar-refractivity contribution in [1.29, 1.82) is 0 Å². The van der Waals surface area contributed by atoms with Gasteiger partial charge in [0.2, 0.25) is 0 Å². The summed E-state index contributed by atoms with van der Waals surface area (Å²) in [5, 5.41) is 2.86. The Morgan fingerprint density at radius 2 is 1.62 bits per heavy atom. The van der Waals surface area contributed by atoms with E-state index < -0.39 is 0 Å². The van der Waals surface area contributed by atoms with Crippen molar-refractivity contribution >= 4 is 11.7 Å². The van der Waals surface area contributed by atoms with E-state index >= 15 is 0 Å². The number of benzene rings is 2. The van der Waals surface area contributed by atoms with Gasteiger partial charge < -0.3 is 14.8 Å². The van der Waals surface area contributed by atoms with E-state index in [1.165, 1.54) is 14.0 Å². The lowest BCUT2D eigenvalue weighted by atomic mass is 10.0. The summed E-state index contributed by atoms with van der Waals surface area (Å²) in [5.41, 5.74) is 1.99. The molecule has 5 heteroatoms. The fraction of sp³-hybridized carbons (Fsp3) is 0.263. The highest BCUT2D eigenvalue weighted by Gasteiger charge is 2.14. The smallest absolute Gasteiger partial charge is 0.251 e. The molecular weight excluding hydrogens is 306 g/mol. The van der Waals surface area contributed by atoms with Gasteiger partial charge in [0, 0.05) is 17.7 Å². The minimum atomic E-state index is -0.138. The Morgan fingerprint density at radius 3 is 2.21 bits per heavy atom. The van der Waals surface area contributed by atoms with Crippen molar-refractivity contribution in [2.24, 2.45) is 0 Å². The predicted molar refractivity (Wildman–Crippen MR) is 92.0 cm³/mol. The zero-order valence-electron chi connectivity index (χ0n) is 14.1. The van der Waals surface area contributed by atoms with Crippen LogP contribution >= 0.6 is 0 Å². The van der Waals surface area contributed by atoms with E-state index in [0.717, 1.165) is 5.56 Å². The molecule has 2 aromatic rings. The minimum Gasteiger partial charge on any atom is -0.493 e. The number of carbonyl (C=O) groups is 2. The Hall–Kier alpha value is -2.82. The lowest BCUT2D eigenvalue weighted by molar-refractivity contribution is 0.0953. The van der Waals surface area contributed by atoms with Gasteiger partial charge in [0.25, 0.3) is 5.91 Å². The molecule has 24 heavy (non-hydrogen) atoms. The second kappa shape index (κ2) is 8.15. The number of rotatable bonds is 7. The van der Waals surface area contributed by atoms with Crippen LogP contribution in [0.4, 0.5) is 0 Å². The number of amides is 1. The number of nitrogens with one attached hydrogen (secondary N) is 1. The van der Waals surface area contributed by atoms with Crippen LogP contribution in [-0.2, 0) is 6.42 Å². The minimum absolute atomic E-state index is 0.0552. The van der Waals surface area contributed by atoms with Gasteiger partial charge in [-0.25, -0.2) is 0 Å². The second-order valence-electron chi connectivity index (χ2n) is 5.29. The molecule has 1 amide bonds. The van der Waals surface area contributed by atoms with Gasteiger partial charge in [-0.3, -0.25) is 9.59 Å². The molecule has 126 valence electrons. The maximum Gasteiger partial charge on any atom is 0.251 e. The molecule has 0 aliphatic heterocycles. The zero-order chi connectivity index (χ0) is 17.5. The van der Waals surface area contributed by atoms with Crippen molar-refractivity contribution in [3.8, 4) is 11.5 Å². The van der Waals surface area contributed by atoms with Gasteiger partial charge in [-0.2, -0.15) is 0 Å². The molecule has 0 atom stereocenters. The van der Waals surface area contributed by atoms with Crippen molar-refractivity contribution < 1.29 is 19.1 Å². The first kappa shape index (κ1) is 17.5. The van der Waals surface area contributed by atoms with Gasteiger partial charge in [0.05, 0.1) is 14.2 Å². The average Bonchev–Trinajstić information content (AvgIpc) is 2.61. The van der Waals surface area contributed by atoms with Gasteiger partial charge in [-0.05, 0) is 43.2 Å². The Kier molecular flexibility index (Phi) is 5.95. The molecule has 5 nitrogen and oxygen atoms in total. The third-order valence-electron chi connectivity index (χ3n) is 3.70. The number of hydrogen-bond acceptors (Lipinski definition) is 4. The first-order chi connectivity index (χ1) is 11.6. The summed E-state index contributed by atoms with van der Waals surface area (Å²) in [4.78, 5) is 23.9. The van der Waals surface area contributed by atoms with Gasteiger partial charge in [0.1, 0.15) is 0 Å². The molecule has 0 saturated carbocycles. The third kappa shape index (κ3) is 4.13. The van der Waals surface area contributed by atoms with E-state index in [1.807, 2.05) is 18.2 Å². The molecule has 0 aliphatic rings. The summed E-state index contributed by atoms with van der Waals surface area (Å²) in [5.74, 6) is 0.882. The number of ketones is 1. The van der Waals surface area contributed by atoms with Crippen LogP contribution in [0.2, 0.25) is 0 Å². The second-order valence-corrected chi connectivity index (χ2v) is 5.29. The summed E-state index contributed by atoms with van der Waals surface area (Å²) in [6, 6.07) is 12.5. The summed E-state index contributed by atoms with van der Waals surface area (Å²) < 4.78 is 10.5. The summed E-state index contributed by atoms with van der Waals surface area (Å²) in [6.45, 7) is 1.93. The molecule has 0 saturated heterocycles. The maximum absolute atomic E-state index is 12.1. The van der Waals surface area contributed by atoms with Crippen LogP contribution in [0, 0.1) is 0 Å². The summed E-state index contributed by atoms with van der Waals surface area (Å²) >= 11 is 0. The topological polar surface area (TPSA) is 64.6 Å². The molecule has 2 rings (SSSR count). The maximum atomic E-state index is 12.1. The molecule has 0 fully saturated rings. The van der Waals surface area contributed by atoms with Gasteiger partial charge in [-0.15, -0.1) is 0 Å². The van der Waals surface area contributed by atoms with Crippen LogP contribution < -0.4 is 14.8 Å². The van der Waals surface area contributed by atoms with Crippen LogP contribution in [0.1, 0.15) is 33.2 Å². The van der Waals surface area contributed by atoms with Crippen LogP contribution in [0.3, 0.4) is 0 Å². The average molecular weight is 327 g/mol. The van der Waals surface area contributed by atoms with Crippen LogP contribution in [0.5, 0.6) is 11.5 Å². The van der Waals surface area contributed by atoms with E-state index in [9.17, 15) is 9.59 Å². The third-order valence-corrected chi connectivity index (χ3v) is 3.70. The fourth-order valence-corrected chi connectivity index (χ4v) is 2.46. The van der Waals surface area contributed by atoms with Gasteiger partial charge >= 0.3 is 0 Å². The van der Waals surface area contributed by atoms with Crippen molar-refractivity contribution in [2.75, 3.05) is 20.8 Å². The van der Waals surface area contributed by atoms with E-state index in [1.54, 1.807) is 31.4 Å². The molecule has 0 radical (unpaired) electrons. The SMILES string of the molecule is COc1cc(CCNC(=O)c2ccccc2)c(C(C)=O)cc1OC. The Bertz CT molecular complexity index is 726. The molecular formula is C19H21NO4. The van der Waals surface area contributed by atoms with Crippen LogP contribution in [-0.4, -0.2) is 32.5 Å². The first-order valence-corrected chi connectivity index (χ1v) is 7.66. The van der Waals surface area contributed by atoms with Crippen molar-refractivity contribution in [3.05, 3.63) is 59.2 Å². The van der Waals surface area contributed by atoms with E-state index in [0.29, 0.717) is 35.6 Å². The van der Waals surface area contributed by atoms with Crippen molar-refractivity contribution in [3.63, 3.8) is 0 Å². The number of ether oxygens (including phenoxy) is 2. The normalized spacial score (nSPS) is 10.1. The van der Waals surface area contributed by atoms with Crippen molar-refractivity contribution in [2.45, 2.75) is 13.3 Å². The predicted octanol–water partition coefficient (Wildman–Crippen LogP) is 2.88. The Morgan fingerprint density at radius 1 is 1.00 bits per heavy atom.